The summed E-state index contributed by atoms with van der Waals surface area (Å²) in [4.78, 5) is 13.9. The highest BCUT2D eigenvalue weighted by Gasteiger charge is 2.37. The lowest BCUT2D eigenvalue weighted by Crippen LogP contribution is -2.57. The standard InChI is InChI=1S/C12H22N2O2/c1-3-4-5-8-14(2)11(15)12(13)6-9-16-10-7-12/h3H,1,4-10,13H2,2H3. The van der Waals surface area contributed by atoms with E-state index in [-0.39, 0.29) is 5.91 Å². The van der Waals surface area contributed by atoms with Gasteiger partial charge in [0.05, 0.1) is 5.54 Å². The Bertz CT molecular complexity index is 247. The van der Waals surface area contributed by atoms with Gasteiger partial charge < -0.3 is 15.4 Å². The maximum absolute atomic E-state index is 12.1. The molecule has 0 radical (unpaired) electrons. The molecule has 0 aromatic carbocycles. The molecule has 1 saturated heterocycles. The summed E-state index contributed by atoms with van der Waals surface area (Å²) >= 11 is 0. The molecule has 4 nitrogen and oxygen atoms in total. The van der Waals surface area contributed by atoms with E-state index in [4.69, 9.17) is 10.5 Å². The number of ether oxygens (including phenoxy) is 1. The second-order valence-corrected chi connectivity index (χ2v) is 4.43. The molecule has 0 unspecified atom stereocenters. The number of unbranched alkanes of at least 4 members (excludes halogenated alkanes) is 1. The SMILES string of the molecule is C=CCCCN(C)C(=O)C1(N)CCOCC1. The van der Waals surface area contributed by atoms with Crippen molar-refractivity contribution in [3.8, 4) is 0 Å². The van der Waals surface area contributed by atoms with Crippen LogP contribution in [0.1, 0.15) is 25.7 Å². The lowest BCUT2D eigenvalue weighted by atomic mass is 9.90. The van der Waals surface area contributed by atoms with Crippen LogP contribution in [0.3, 0.4) is 0 Å². The maximum atomic E-state index is 12.1. The van der Waals surface area contributed by atoms with Crippen molar-refractivity contribution in [1.29, 1.82) is 0 Å². The van der Waals surface area contributed by atoms with Crippen LogP contribution < -0.4 is 5.73 Å². The number of amides is 1. The number of hydrogen-bond acceptors (Lipinski definition) is 3. The molecule has 92 valence electrons. The fraction of sp³-hybridized carbons (Fsp3) is 0.750. The molecule has 0 atom stereocenters. The minimum Gasteiger partial charge on any atom is -0.381 e. The van der Waals surface area contributed by atoms with Gasteiger partial charge in [-0.25, -0.2) is 0 Å². The van der Waals surface area contributed by atoms with Crippen LogP contribution in [0.2, 0.25) is 0 Å². The van der Waals surface area contributed by atoms with E-state index in [2.05, 4.69) is 6.58 Å². The molecule has 2 N–H and O–H groups in total. The number of likely N-dealkylation sites (N-methyl/N-ethyl adjacent to an activating group) is 1. The second kappa shape index (κ2) is 6.01. The van der Waals surface area contributed by atoms with Crippen molar-refractivity contribution in [3.05, 3.63) is 12.7 Å². The second-order valence-electron chi connectivity index (χ2n) is 4.43. The lowest BCUT2D eigenvalue weighted by Gasteiger charge is -2.35. The van der Waals surface area contributed by atoms with Gasteiger partial charge in [-0.3, -0.25) is 4.79 Å². The Morgan fingerprint density at radius 3 is 2.75 bits per heavy atom. The summed E-state index contributed by atoms with van der Waals surface area (Å²) in [6.07, 6.45) is 4.98. The van der Waals surface area contributed by atoms with Crippen LogP contribution in [0.4, 0.5) is 0 Å². The van der Waals surface area contributed by atoms with Gasteiger partial charge in [0.2, 0.25) is 5.91 Å². The zero-order chi connectivity index (χ0) is 12.0. The zero-order valence-electron chi connectivity index (χ0n) is 10.1. The van der Waals surface area contributed by atoms with Crippen LogP contribution in [-0.2, 0) is 9.53 Å². The Balaban J connectivity index is 2.44. The van der Waals surface area contributed by atoms with Gasteiger partial charge >= 0.3 is 0 Å². The summed E-state index contributed by atoms with van der Waals surface area (Å²) in [7, 11) is 1.81. The quantitative estimate of drug-likeness (QED) is 0.560. The minimum atomic E-state index is -0.707. The van der Waals surface area contributed by atoms with Gasteiger partial charge in [-0.1, -0.05) is 6.08 Å². The average molecular weight is 226 g/mol. The molecule has 1 amide bonds. The van der Waals surface area contributed by atoms with Gasteiger partial charge in [0.25, 0.3) is 0 Å². The summed E-state index contributed by atoms with van der Waals surface area (Å²) in [5.74, 6) is 0.0415. The third kappa shape index (κ3) is 3.32. The van der Waals surface area contributed by atoms with Crippen molar-refractivity contribution in [1.82, 2.24) is 4.90 Å². The van der Waals surface area contributed by atoms with E-state index >= 15 is 0 Å². The van der Waals surface area contributed by atoms with Crippen molar-refractivity contribution < 1.29 is 9.53 Å². The number of allylic oxidation sites excluding steroid dienone is 1. The normalized spacial score (nSPS) is 19.1. The molecule has 0 aliphatic carbocycles. The third-order valence-electron chi connectivity index (χ3n) is 3.06. The molecule has 0 aromatic heterocycles. The van der Waals surface area contributed by atoms with Gasteiger partial charge in [0, 0.05) is 26.8 Å². The van der Waals surface area contributed by atoms with Gasteiger partial charge in [0.1, 0.15) is 0 Å². The molecule has 16 heavy (non-hydrogen) atoms. The van der Waals surface area contributed by atoms with Crippen LogP contribution in [0, 0.1) is 0 Å². The lowest BCUT2D eigenvalue weighted by molar-refractivity contribution is -0.139. The van der Waals surface area contributed by atoms with Gasteiger partial charge in [0.15, 0.2) is 0 Å². The fourth-order valence-corrected chi connectivity index (χ4v) is 1.90. The first kappa shape index (κ1) is 13.2. The van der Waals surface area contributed by atoms with Crippen molar-refractivity contribution in [2.24, 2.45) is 5.73 Å². The van der Waals surface area contributed by atoms with Crippen molar-refractivity contribution in [2.75, 3.05) is 26.8 Å². The summed E-state index contributed by atoms with van der Waals surface area (Å²) in [6.45, 7) is 5.57. The van der Waals surface area contributed by atoms with Crippen molar-refractivity contribution >= 4 is 5.91 Å². The Hall–Kier alpha value is -0.870. The fourth-order valence-electron chi connectivity index (χ4n) is 1.90. The summed E-state index contributed by atoms with van der Waals surface area (Å²) in [5.41, 5.74) is 5.41. The van der Waals surface area contributed by atoms with E-state index in [0.29, 0.717) is 26.1 Å². The highest BCUT2D eigenvalue weighted by molar-refractivity contribution is 5.86. The number of carbonyl (C=O) groups is 1. The maximum Gasteiger partial charge on any atom is 0.242 e. The molecule has 0 spiro atoms. The molecule has 4 heteroatoms. The monoisotopic (exact) mass is 226 g/mol. The van der Waals surface area contributed by atoms with Crippen LogP contribution in [0.25, 0.3) is 0 Å². The molecule has 1 fully saturated rings. The molecular formula is C12H22N2O2. The Kier molecular flexibility index (Phi) is 4.96. The highest BCUT2D eigenvalue weighted by Crippen LogP contribution is 2.20. The van der Waals surface area contributed by atoms with E-state index in [1.807, 2.05) is 13.1 Å². The average Bonchev–Trinajstić information content (AvgIpc) is 2.29. The van der Waals surface area contributed by atoms with Crippen LogP contribution in [0.15, 0.2) is 12.7 Å². The topological polar surface area (TPSA) is 55.6 Å². The largest absolute Gasteiger partial charge is 0.381 e. The number of nitrogens with zero attached hydrogens (tertiary/aromatic N) is 1. The van der Waals surface area contributed by atoms with Crippen LogP contribution >= 0.6 is 0 Å². The predicted octanol–water partition coefficient (Wildman–Crippen LogP) is 0.919. The van der Waals surface area contributed by atoms with Gasteiger partial charge in [-0.15, -0.1) is 6.58 Å². The number of hydrogen-bond donors (Lipinski definition) is 1. The number of carbonyl (C=O) groups excluding carboxylic acids is 1. The summed E-state index contributed by atoms with van der Waals surface area (Å²) in [5, 5.41) is 0. The molecule has 1 rings (SSSR count). The number of rotatable bonds is 5. The van der Waals surface area contributed by atoms with Gasteiger partial charge in [-0.05, 0) is 25.7 Å². The van der Waals surface area contributed by atoms with Crippen molar-refractivity contribution in [2.45, 2.75) is 31.2 Å². The molecule has 0 bridgehead atoms. The first-order valence-corrected chi connectivity index (χ1v) is 5.83. The molecule has 1 aliphatic heterocycles. The zero-order valence-corrected chi connectivity index (χ0v) is 10.1. The van der Waals surface area contributed by atoms with Gasteiger partial charge in [-0.2, -0.15) is 0 Å². The van der Waals surface area contributed by atoms with E-state index < -0.39 is 5.54 Å². The van der Waals surface area contributed by atoms with E-state index in [0.717, 1.165) is 19.4 Å². The van der Waals surface area contributed by atoms with Crippen molar-refractivity contribution in [3.63, 3.8) is 0 Å². The number of nitrogens with two attached hydrogens (primary N) is 1. The molecule has 1 aliphatic rings. The predicted molar refractivity (Wildman–Crippen MR) is 64.0 cm³/mol. The molecular weight excluding hydrogens is 204 g/mol. The smallest absolute Gasteiger partial charge is 0.242 e. The minimum absolute atomic E-state index is 0.0415. The first-order chi connectivity index (χ1) is 7.60. The van der Waals surface area contributed by atoms with Crippen LogP contribution in [0.5, 0.6) is 0 Å². The molecule has 0 aromatic rings. The Morgan fingerprint density at radius 2 is 2.19 bits per heavy atom. The Labute approximate surface area is 97.4 Å². The summed E-state index contributed by atoms with van der Waals surface area (Å²) in [6, 6.07) is 0. The molecule has 1 heterocycles. The summed E-state index contributed by atoms with van der Waals surface area (Å²) < 4.78 is 5.23. The van der Waals surface area contributed by atoms with E-state index in [1.54, 1.807) is 4.90 Å². The van der Waals surface area contributed by atoms with Crippen LogP contribution in [-0.4, -0.2) is 43.2 Å². The molecule has 0 saturated carbocycles. The first-order valence-electron chi connectivity index (χ1n) is 5.83. The Morgan fingerprint density at radius 1 is 1.56 bits per heavy atom. The highest BCUT2D eigenvalue weighted by atomic mass is 16.5. The third-order valence-corrected chi connectivity index (χ3v) is 3.06. The van der Waals surface area contributed by atoms with E-state index in [9.17, 15) is 4.79 Å². The van der Waals surface area contributed by atoms with E-state index in [1.165, 1.54) is 0 Å².